The second-order valence-electron chi connectivity index (χ2n) is 8.60. The molecule has 0 spiro atoms. The molecule has 140 valence electrons. The van der Waals surface area contributed by atoms with E-state index in [0.717, 1.165) is 26.2 Å². The number of carbonyl (C=O) groups excluding carboxylic acids is 1. The van der Waals surface area contributed by atoms with Gasteiger partial charge in [-0.3, -0.25) is 9.80 Å². The second-order valence-corrected chi connectivity index (χ2v) is 8.60. The fourth-order valence-electron chi connectivity index (χ4n) is 3.44. The van der Waals surface area contributed by atoms with Crippen LogP contribution in [0.3, 0.4) is 0 Å². The van der Waals surface area contributed by atoms with Crippen LogP contribution in [0.1, 0.15) is 47.5 Å². The predicted octanol–water partition coefficient (Wildman–Crippen LogP) is 1.77. The molecule has 0 aliphatic carbocycles. The van der Waals surface area contributed by atoms with Gasteiger partial charge in [0.1, 0.15) is 5.60 Å². The van der Waals surface area contributed by atoms with Crippen molar-refractivity contribution in [1.29, 1.82) is 0 Å². The van der Waals surface area contributed by atoms with Crippen LogP contribution < -0.4 is 0 Å². The Morgan fingerprint density at radius 2 is 1.62 bits per heavy atom. The molecular weight excluding hydrogens is 306 g/mol. The van der Waals surface area contributed by atoms with E-state index < -0.39 is 11.2 Å². The van der Waals surface area contributed by atoms with Crippen LogP contribution in [-0.4, -0.2) is 89.0 Å². The lowest BCUT2D eigenvalue weighted by Gasteiger charge is -2.43. The van der Waals surface area contributed by atoms with Gasteiger partial charge in [-0.25, -0.2) is 4.79 Å². The Kier molecular flexibility index (Phi) is 6.15. The van der Waals surface area contributed by atoms with Gasteiger partial charge in [0.15, 0.2) is 0 Å². The van der Waals surface area contributed by atoms with Crippen molar-refractivity contribution >= 4 is 6.09 Å². The van der Waals surface area contributed by atoms with Gasteiger partial charge in [-0.05, 0) is 47.5 Å². The number of nitrogens with zero attached hydrogens (tertiary/aromatic N) is 3. The number of β-amino-alcohol motifs (C(OH)–C–C–N with tert-alkyl or cyclic N) is 1. The summed E-state index contributed by atoms with van der Waals surface area (Å²) in [6, 6.07) is 0.590. The Morgan fingerprint density at radius 1 is 1.08 bits per heavy atom. The summed E-state index contributed by atoms with van der Waals surface area (Å²) in [6.45, 7) is 16.1. The zero-order chi connectivity index (χ0) is 18.0. The van der Waals surface area contributed by atoms with Crippen LogP contribution in [0.15, 0.2) is 0 Å². The van der Waals surface area contributed by atoms with Gasteiger partial charge in [0.2, 0.25) is 0 Å². The number of carbonyl (C=O) groups is 1. The number of piperidine rings is 1. The fraction of sp³-hybridized carbons (Fsp3) is 0.944. The summed E-state index contributed by atoms with van der Waals surface area (Å²) in [5, 5.41) is 10.9. The molecule has 1 amide bonds. The molecule has 0 saturated carbocycles. The van der Waals surface area contributed by atoms with Crippen LogP contribution in [0, 0.1) is 0 Å². The Balaban J connectivity index is 1.77. The number of piperazine rings is 1. The lowest BCUT2D eigenvalue weighted by molar-refractivity contribution is -0.0569. The number of rotatable bonds is 3. The Labute approximate surface area is 146 Å². The molecule has 0 unspecified atom stereocenters. The average Bonchev–Trinajstić information content (AvgIpc) is 2.46. The van der Waals surface area contributed by atoms with Crippen molar-refractivity contribution < 1.29 is 14.6 Å². The van der Waals surface area contributed by atoms with E-state index in [1.165, 1.54) is 0 Å². The van der Waals surface area contributed by atoms with Crippen molar-refractivity contribution in [2.75, 3.05) is 45.8 Å². The fourth-order valence-corrected chi connectivity index (χ4v) is 3.44. The first-order valence-electron chi connectivity index (χ1n) is 9.25. The topological polar surface area (TPSA) is 56.2 Å². The van der Waals surface area contributed by atoms with Crippen molar-refractivity contribution in [3.8, 4) is 0 Å². The number of likely N-dealkylation sites (tertiary alicyclic amines) is 1. The molecule has 2 saturated heterocycles. The monoisotopic (exact) mass is 341 g/mol. The number of aliphatic hydroxyl groups is 1. The first-order chi connectivity index (χ1) is 11.1. The molecule has 0 atom stereocenters. The van der Waals surface area contributed by atoms with Crippen LogP contribution in [-0.2, 0) is 4.74 Å². The first kappa shape index (κ1) is 19.5. The molecule has 2 rings (SSSR count). The highest BCUT2D eigenvalue weighted by Crippen LogP contribution is 2.25. The zero-order valence-electron chi connectivity index (χ0n) is 16.0. The molecule has 1 N–H and O–H groups in total. The average molecular weight is 341 g/mol. The maximum atomic E-state index is 12.1. The number of hydrogen-bond donors (Lipinski definition) is 1. The van der Waals surface area contributed by atoms with Crippen molar-refractivity contribution in [2.24, 2.45) is 0 Å². The van der Waals surface area contributed by atoms with E-state index in [1.54, 1.807) is 4.90 Å². The molecule has 2 fully saturated rings. The second kappa shape index (κ2) is 7.58. The summed E-state index contributed by atoms with van der Waals surface area (Å²) >= 11 is 0. The highest BCUT2D eigenvalue weighted by molar-refractivity contribution is 5.68. The van der Waals surface area contributed by atoms with E-state index in [0.29, 0.717) is 38.5 Å². The lowest BCUT2D eigenvalue weighted by Crippen LogP contribution is -2.56. The molecule has 2 heterocycles. The van der Waals surface area contributed by atoms with E-state index in [2.05, 4.69) is 23.6 Å². The minimum absolute atomic E-state index is 0.268. The summed E-state index contributed by atoms with van der Waals surface area (Å²) in [5.41, 5.74) is -1.15. The molecule has 0 radical (unpaired) electrons. The van der Waals surface area contributed by atoms with E-state index in [9.17, 15) is 9.90 Å². The van der Waals surface area contributed by atoms with E-state index >= 15 is 0 Å². The van der Waals surface area contributed by atoms with Gasteiger partial charge in [-0.15, -0.1) is 0 Å². The number of ether oxygens (including phenoxy) is 1. The quantitative estimate of drug-likeness (QED) is 0.848. The van der Waals surface area contributed by atoms with Gasteiger partial charge in [0.25, 0.3) is 0 Å². The van der Waals surface area contributed by atoms with Crippen LogP contribution in [0.2, 0.25) is 0 Å². The van der Waals surface area contributed by atoms with E-state index in [-0.39, 0.29) is 6.09 Å². The van der Waals surface area contributed by atoms with Gasteiger partial charge in [-0.2, -0.15) is 0 Å². The van der Waals surface area contributed by atoms with Crippen molar-refractivity contribution in [1.82, 2.24) is 14.7 Å². The molecule has 0 aromatic rings. The van der Waals surface area contributed by atoms with Gasteiger partial charge in [-0.1, -0.05) is 0 Å². The minimum Gasteiger partial charge on any atom is -0.444 e. The Hall–Kier alpha value is -0.850. The smallest absolute Gasteiger partial charge is 0.410 e. The molecule has 0 aromatic heterocycles. The van der Waals surface area contributed by atoms with Crippen LogP contribution in [0.4, 0.5) is 4.79 Å². The highest BCUT2D eigenvalue weighted by atomic mass is 16.6. The summed E-state index contributed by atoms with van der Waals surface area (Å²) in [5.74, 6) is 0. The predicted molar refractivity (Wildman–Crippen MR) is 95.1 cm³/mol. The van der Waals surface area contributed by atoms with Gasteiger partial charge in [0.05, 0.1) is 5.60 Å². The van der Waals surface area contributed by atoms with Crippen LogP contribution >= 0.6 is 0 Å². The first-order valence-corrected chi connectivity index (χ1v) is 9.25. The summed E-state index contributed by atoms with van der Waals surface area (Å²) in [4.78, 5) is 18.7. The minimum atomic E-state index is -0.682. The molecule has 2 aliphatic rings. The largest absolute Gasteiger partial charge is 0.444 e. The molecule has 6 nitrogen and oxygen atoms in total. The third kappa shape index (κ3) is 5.60. The zero-order valence-corrected chi connectivity index (χ0v) is 16.0. The Bertz CT molecular complexity index is 418. The maximum Gasteiger partial charge on any atom is 0.410 e. The van der Waals surface area contributed by atoms with Gasteiger partial charge < -0.3 is 14.7 Å². The lowest BCUT2D eigenvalue weighted by atomic mass is 9.90. The van der Waals surface area contributed by atoms with Crippen LogP contribution in [0.5, 0.6) is 0 Å². The summed E-state index contributed by atoms with van der Waals surface area (Å²) < 4.78 is 5.42. The molecule has 2 aliphatic heterocycles. The molecule has 0 bridgehead atoms. The van der Waals surface area contributed by atoms with Gasteiger partial charge >= 0.3 is 6.09 Å². The molecule has 24 heavy (non-hydrogen) atoms. The third-order valence-electron chi connectivity index (χ3n) is 5.00. The number of hydrogen-bond acceptors (Lipinski definition) is 5. The van der Waals surface area contributed by atoms with E-state index in [1.807, 2.05) is 20.8 Å². The van der Waals surface area contributed by atoms with Gasteiger partial charge in [0, 0.05) is 51.9 Å². The van der Waals surface area contributed by atoms with Crippen molar-refractivity contribution in [3.05, 3.63) is 0 Å². The molecule has 6 heteroatoms. The Morgan fingerprint density at radius 3 is 2.08 bits per heavy atom. The third-order valence-corrected chi connectivity index (χ3v) is 5.00. The SMILES string of the molecule is CC(C)N1CCN(CC2(O)CCN(C(=O)OC(C)(C)C)CC2)CC1. The summed E-state index contributed by atoms with van der Waals surface area (Å²) in [7, 11) is 0. The highest BCUT2D eigenvalue weighted by Gasteiger charge is 2.37. The maximum absolute atomic E-state index is 12.1. The summed E-state index contributed by atoms with van der Waals surface area (Å²) in [6.07, 6.45) is 0.975. The van der Waals surface area contributed by atoms with Crippen molar-refractivity contribution in [2.45, 2.75) is 64.7 Å². The van der Waals surface area contributed by atoms with E-state index in [4.69, 9.17) is 4.74 Å². The standard InChI is InChI=1S/C18H35N3O3/c1-15(2)20-12-10-19(11-13-20)14-18(23)6-8-21(9-7-18)16(22)24-17(3,4)5/h15,23H,6-14H2,1-5H3. The molecular formula is C18H35N3O3. The van der Waals surface area contributed by atoms with Crippen LogP contribution in [0.25, 0.3) is 0 Å². The molecule has 0 aromatic carbocycles. The normalized spacial score (nSPS) is 23.5. The van der Waals surface area contributed by atoms with Crippen molar-refractivity contribution in [3.63, 3.8) is 0 Å². The number of amides is 1.